The number of halogens is 1. The second kappa shape index (κ2) is 7.59. The first-order valence-corrected chi connectivity index (χ1v) is 10.9. The molecule has 7 nitrogen and oxygen atoms in total. The van der Waals surface area contributed by atoms with Crippen LogP contribution in [0.3, 0.4) is 0 Å². The average Bonchev–Trinajstić information content (AvgIpc) is 3.33. The molecule has 1 spiro atoms. The maximum absolute atomic E-state index is 13.9. The Bertz CT molecular complexity index is 852. The van der Waals surface area contributed by atoms with Gasteiger partial charge in [0.15, 0.2) is 5.79 Å². The van der Waals surface area contributed by atoms with Crippen molar-refractivity contribution >= 4 is 11.8 Å². The second-order valence-corrected chi connectivity index (χ2v) is 8.89. The van der Waals surface area contributed by atoms with Crippen molar-refractivity contribution in [2.45, 2.75) is 62.9 Å². The summed E-state index contributed by atoms with van der Waals surface area (Å²) in [6.45, 7) is 3.60. The SMILES string of the molecule is NC(=O)c1cc(F)cc2c1C(=O)N(C1CCN(C3CCC4(CC3)OCCO4)CC1)C2. The number of rotatable bonds is 3. The molecule has 0 atom stereocenters. The van der Waals surface area contributed by atoms with Crippen molar-refractivity contribution in [2.24, 2.45) is 5.73 Å². The van der Waals surface area contributed by atoms with Crippen LogP contribution in [0.25, 0.3) is 0 Å². The number of fused-ring (bicyclic) bond motifs is 1. The van der Waals surface area contributed by atoms with Gasteiger partial charge in [0.2, 0.25) is 5.91 Å². The van der Waals surface area contributed by atoms with Crippen molar-refractivity contribution in [3.8, 4) is 0 Å². The molecular weight excluding hydrogens is 389 g/mol. The number of amides is 2. The molecule has 2 N–H and O–H groups in total. The van der Waals surface area contributed by atoms with E-state index < -0.39 is 11.7 Å². The number of benzene rings is 1. The molecule has 5 rings (SSSR count). The monoisotopic (exact) mass is 417 g/mol. The third-order valence-corrected chi connectivity index (χ3v) is 7.25. The first kappa shape index (κ1) is 19.9. The van der Waals surface area contributed by atoms with Crippen LogP contribution in [0, 0.1) is 5.82 Å². The van der Waals surface area contributed by atoms with Crippen LogP contribution in [0.2, 0.25) is 0 Å². The summed E-state index contributed by atoms with van der Waals surface area (Å²) in [5, 5.41) is 0. The van der Waals surface area contributed by atoms with Gasteiger partial charge in [0.1, 0.15) is 5.82 Å². The summed E-state index contributed by atoms with van der Waals surface area (Å²) in [4.78, 5) is 29.1. The second-order valence-electron chi connectivity index (χ2n) is 8.89. The molecule has 0 bridgehead atoms. The van der Waals surface area contributed by atoms with Gasteiger partial charge in [-0.25, -0.2) is 4.39 Å². The lowest BCUT2D eigenvalue weighted by atomic mass is 9.87. The predicted octanol–water partition coefficient (Wildman–Crippen LogP) is 2.03. The molecule has 0 unspecified atom stereocenters. The molecule has 162 valence electrons. The summed E-state index contributed by atoms with van der Waals surface area (Å²) < 4.78 is 25.6. The minimum Gasteiger partial charge on any atom is -0.366 e. The Kier molecular flexibility index (Phi) is 5.03. The van der Waals surface area contributed by atoms with Crippen LogP contribution in [0.4, 0.5) is 4.39 Å². The Morgan fingerprint density at radius 1 is 1.07 bits per heavy atom. The van der Waals surface area contributed by atoms with Crippen LogP contribution in [0.15, 0.2) is 12.1 Å². The Morgan fingerprint density at radius 3 is 2.37 bits per heavy atom. The van der Waals surface area contributed by atoms with Gasteiger partial charge in [-0.05, 0) is 43.4 Å². The summed E-state index contributed by atoms with van der Waals surface area (Å²) >= 11 is 0. The van der Waals surface area contributed by atoms with E-state index in [4.69, 9.17) is 15.2 Å². The van der Waals surface area contributed by atoms with Gasteiger partial charge >= 0.3 is 0 Å². The van der Waals surface area contributed by atoms with Gasteiger partial charge in [0.25, 0.3) is 5.91 Å². The quantitative estimate of drug-likeness (QED) is 0.814. The molecule has 3 fully saturated rings. The van der Waals surface area contributed by atoms with E-state index in [2.05, 4.69) is 4.90 Å². The standard InChI is InChI=1S/C22H28FN3O4/c23-15-11-14-13-26(21(28)19(14)18(12-15)20(24)27)17-3-7-25(8-4-17)16-1-5-22(6-2-16)29-9-10-30-22/h11-12,16-17H,1-10,13H2,(H2,24,27). The van der Waals surface area contributed by atoms with Gasteiger partial charge in [0, 0.05) is 44.6 Å². The minimum absolute atomic E-state index is 0.0116. The number of hydrogen-bond donors (Lipinski definition) is 1. The fourth-order valence-corrected chi connectivity index (χ4v) is 5.68. The number of likely N-dealkylation sites (tertiary alicyclic amines) is 1. The van der Waals surface area contributed by atoms with Crippen molar-refractivity contribution in [2.75, 3.05) is 26.3 Å². The van der Waals surface area contributed by atoms with Crippen LogP contribution >= 0.6 is 0 Å². The first-order valence-electron chi connectivity index (χ1n) is 10.9. The van der Waals surface area contributed by atoms with Crippen molar-refractivity contribution in [3.05, 3.63) is 34.6 Å². The number of carbonyl (C=O) groups excluding carboxylic acids is 2. The minimum atomic E-state index is -0.763. The normalized spacial score (nSPS) is 25.2. The van der Waals surface area contributed by atoms with E-state index in [-0.39, 0.29) is 28.9 Å². The molecule has 4 aliphatic rings. The molecule has 1 aliphatic carbocycles. The van der Waals surface area contributed by atoms with Crippen LogP contribution in [0.5, 0.6) is 0 Å². The molecule has 2 saturated heterocycles. The molecule has 3 aliphatic heterocycles. The molecule has 30 heavy (non-hydrogen) atoms. The molecule has 0 radical (unpaired) electrons. The van der Waals surface area contributed by atoms with E-state index >= 15 is 0 Å². The molecule has 8 heteroatoms. The third-order valence-electron chi connectivity index (χ3n) is 7.25. The van der Waals surface area contributed by atoms with Crippen LogP contribution in [-0.2, 0) is 16.0 Å². The van der Waals surface area contributed by atoms with Gasteiger partial charge in [-0.2, -0.15) is 0 Å². The van der Waals surface area contributed by atoms with E-state index in [0.29, 0.717) is 31.4 Å². The smallest absolute Gasteiger partial charge is 0.255 e. The summed E-state index contributed by atoms with van der Waals surface area (Å²) in [5.74, 6) is -1.83. The maximum atomic E-state index is 13.9. The highest BCUT2D eigenvalue weighted by atomic mass is 19.1. The number of piperidine rings is 1. The van der Waals surface area contributed by atoms with Gasteiger partial charge in [-0.15, -0.1) is 0 Å². The Balaban J connectivity index is 1.21. The van der Waals surface area contributed by atoms with E-state index in [9.17, 15) is 14.0 Å². The molecule has 1 aromatic rings. The average molecular weight is 417 g/mol. The number of ether oxygens (including phenoxy) is 2. The Hall–Kier alpha value is -2.03. The topological polar surface area (TPSA) is 85.1 Å². The largest absolute Gasteiger partial charge is 0.366 e. The van der Waals surface area contributed by atoms with E-state index in [0.717, 1.165) is 57.7 Å². The zero-order valence-corrected chi connectivity index (χ0v) is 17.1. The fraction of sp³-hybridized carbons (Fsp3) is 0.636. The summed E-state index contributed by atoms with van der Waals surface area (Å²) in [6.07, 6.45) is 5.78. The van der Waals surface area contributed by atoms with E-state index in [1.54, 1.807) is 4.90 Å². The van der Waals surface area contributed by atoms with Crippen LogP contribution in [0.1, 0.15) is 64.8 Å². The van der Waals surface area contributed by atoms with Gasteiger partial charge in [-0.3, -0.25) is 9.59 Å². The molecular formula is C22H28FN3O4. The third kappa shape index (κ3) is 3.40. The number of carbonyl (C=O) groups is 2. The highest BCUT2D eigenvalue weighted by molar-refractivity contribution is 6.09. The van der Waals surface area contributed by atoms with Gasteiger partial charge in [0.05, 0.1) is 24.3 Å². The highest BCUT2D eigenvalue weighted by Crippen LogP contribution is 2.38. The zero-order chi connectivity index (χ0) is 20.9. The number of nitrogens with zero attached hydrogens (tertiary/aromatic N) is 2. The summed E-state index contributed by atoms with van der Waals surface area (Å²) in [5.41, 5.74) is 6.21. The predicted molar refractivity (Wildman–Crippen MR) is 106 cm³/mol. The molecule has 3 heterocycles. The number of hydrogen-bond acceptors (Lipinski definition) is 5. The lowest BCUT2D eigenvalue weighted by Crippen LogP contribution is -2.50. The highest BCUT2D eigenvalue weighted by Gasteiger charge is 2.43. The van der Waals surface area contributed by atoms with Crippen molar-refractivity contribution < 1.29 is 23.5 Å². The zero-order valence-electron chi connectivity index (χ0n) is 17.1. The van der Waals surface area contributed by atoms with E-state index in [1.807, 2.05) is 0 Å². The Labute approximate surface area is 175 Å². The molecule has 0 aromatic heterocycles. The molecule has 2 amide bonds. The van der Waals surface area contributed by atoms with Gasteiger partial charge in [-0.1, -0.05) is 0 Å². The molecule has 1 saturated carbocycles. The summed E-state index contributed by atoms with van der Waals surface area (Å²) in [7, 11) is 0. The van der Waals surface area contributed by atoms with Crippen molar-refractivity contribution in [1.82, 2.24) is 9.80 Å². The van der Waals surface area contributed by atoms with Gasteiger partial charge < -0.3 is 25.0 Å². The summed E-state index contributed by atoms with van der Waals surface area (Å²) in [6, 6.07) is 3.05. The number of nitrogens with two attached hydrogens (primary N) is 1. The lowest BCUT2D eigenvalue weighted by Gasteiger charge is -2.44. The van der Waals surface area contributed by atoms with Crippen LogP contribution in [-0.4, -0.2) is 65.8 Å². The molecule has 1 aromatic carbocycles. The first-order chi connectivity index (χ1) is 14.5. The fourth-order valence-electron chi connectivity index (χ4n) is 5.68. The maximum Gasteiger partial charge on any atom is 0.255 e. The number of primary amides is 1. The van der Waals surface area contributed by atoms with Crippen LogP contribution < -0.4 is 5.73 Å². The Morgan fingerprint density at radius 2 is 1.73 bits per heavy atom. The van der Waals surface area contributed by atoms with E-state index in [1.165, 1.54) is 6.07 Å². The lowest BCUT2D eigenvalue weighted by molar-refractivity contribution is -0.184. The van der Waals surface area contributed by atoms with Crippen molar-refractivity contribution in [3.63, 3.8) is 0 Å². The van der Waals surface area contributed by atoms with Crippen molar-refractivity contribution in [1.29, 1.82) is 0 Å².